The number of fused-ring (bicyclic) bond motifs is 6. The van der Waals surface area contributed by atoms with Crippen LogP contribution in [-0.4, -0.2) is 15.0 Å². The zero-order valence-corrected chi connectivity index (χ0v) is 38.9. The van der Waals surface area contributed by atoms with E-state index >= 15 is 0 Å². The van der Waals surface area contributed by atoms with Crippen LogP contribution in [0.3, 0.4) is 0 Å². The normalized spacial score (nSPS) is 13.9. The van der Waals surface area contributed by atoms with E-state index in [4.69, 9.17) is 15.0 Å². The number of nitrogens with zero attached hydrogens (tertiary/aromatic N) is 6. The molecule has 0 amide bonds. The minimum atomic E-state index is -0.138. The van der Waals surface area contributed by atoms with Crippen molar-refractivity contribution >= 4 is 74.7 Å². The van der Waals surface area contributed by atoms with Gasteiger partial charge in [0, 0.05) is 58.7 Å². The molecule has 0 fully saturated rings. The molecule has 1 aromatic heterocycles. The van der Waals surface area contributed by atoms with E-state index in [9.17, 15) is 0 Å². The molecule has 0 saturated heterocycles. The number of hydrogen-bond donors (Lipinski definition) is 0. The van der Waals surface area contributed by atoms with Gasteiger partial charge < -0.3 is 14.7 Å². The first-order valence-corrected chi connectivity index (χ1v) is 24.5. The average Bonchev–Trinajstić information content (AvgIpc) is 3.40. The quantitative estimate of drug-likeness (QED) is 0.164. The predicted molar refractivity (Wildman–Crippen MR) is 281 cm³/mol. The largest absolute Gasteiger partial charge is 0.310 e. The van der Waals surface area contributed by atoms with Gasteiger partial charge in [0.05, 0.1) is 34.1 Å². The highest BCUT2D eigenvalue weighted by Gasteiger charge is 2.36. The summed E-state index contributed by atoms with van der Waals surface area (Å²) < 4.78 is 0. The number of hydrogen-bond acceptors (Lipinski definition) is 8. The van der Waals surface area contributed by atoms with Crippen LogP contribution in [0, 0.1) is 0 Å². The summed E-state index contributed by atoms with van der Waals surface area (Å²) in [7, 11) is 0. The maximum Gasteiger partial charge on any atom is 0.164 e. The van der Waals surface area contributed by atoms with Gasteiger partial charge in [0.1, 0.15) is 0 Å². The third-order valence-electron chi connectivity index (χ3n) is 13.3. The molecule has 68 heavy (non-hydrogen) atoms. The van der Waals surface area contributed by atoms with E-state index in [2.05, 4.69) is 247 Å². The minimum Gasteiger partial charge on any atom is -0.310 e. The van der Waals surface area contributed by atoms with Crippen molar-refractivity contribution in [3.05, 3.63) is 230 Å². The molecule has 4 heterocycles. The van der Waals surface area contributed by atoms with Gasteiger partial charge in [-0.1, -0.05) is 122 Å². The van der Waals surface area contributed by atoms with E-state index in [1.165, 1.54) is 42.1 Å². The minimum absolute atomic E-state index is 0.138. The van der Waals surface area contributed by atoms with Gasteiger partial charge in [-0.2, -0.15) is 0 Å². The number of anilines is 9. The van der Waals surface area contributed by atoms with Gasteiger partial charge >= 0.3 is 0 Å². The summed E-state index contributed by atoms with van der Waals surface area (Å²) in [6.45, 7) is 4.63. The molecule has 0 saturated carbocycles. The Morgan fingerprint density at radius 1 is 0.294 bits per heavy atom. The summed E-state index contributed by atoms with van der Waals surface area (Å²) in [6.07, 6.45) is 0. The number of rotatable bonds is 6. The number of benzene rings is 9. The van der Waals surface area contributed by atoms with Gasteiger partial charge in [-0.05, 0) is 145 Å². The first kappa shape index (κ1) is 40.4. The molecule has 324 valence electrons. The van der Waals surface area contributed by atoms with Gasteiger partial charge in [-0.15, -0.1) is 0 Å². The third-order valence-corrected chi connectivity index (χ3v) is 15.5. The van der Waals surface area contributed by atoms with Crippen LogP contribution in [0.5, 0.6) is 0 Å². The van der Waals surface area contributed by atoms with Crippen LogP contribution in [-0.2, 0) is 5.41 Å². The van der Waals surface area contributed by atoms with Crippen molar-refractivity contribution in [1.82, 2.24) is 15.0 Å². The molecule has 0 spiro atoms. The molecule has 10 aromatic rings. The molecule has 0 unspecified atom stereocenters. The van der Waals surface area contributed by atoms with Crippen molar-refractivity contribution < 1.29 is 0 Å². The molecular formula is C60H42N6S2. The maximum absolute atomic E-state index is 5.22. The van der Waals surface area contributed by atoms with Gasteiger partial charge in [0.15, 0.2) is 17.5 Å². The fourth-order valence-electron chi connectivity index (χ4n) is 9.95. The summed E-state index contributed by atoms with van der Waals surface area (Å²) in [5, 5.41) is 0. The van der Waals surface area contributed by atoms with Crippen molar-refractivity contribution in [2.45, 2.75) is 38.8 Å². The van der Waals surface area contributed by atoms with E-state index < -0.39 is 0 Å². The van der Waals surface area contributed by atoms with Crippen LogP contribution >= 0.6 is 23.5 Å². The molecular weight excluding hydrogens is 869 g/mol. The summed E-state index contributed by atoms with van der Waals surface area (Å²) in [6, 6.07) is 77.8. The second-order valence-electron chi connectivity index (χ2n) is 17.7. The van der Waals surface area contributed by atoms with Crippen molar-refractivity contribution in [2.24, 2.45) is 0 Å². The Morgan fingerprint density at radius 2 is 0.544 bits per heavy atom. The lowest BCUT2D eigenvalue weighted by Crippen LogP contribution is -2.30. The van der Waals surface area contributed by atoms with E-state index in [0.29, 0.717) is 17.5 Å². The average molecular weight is 911 g/mol. The first-order valence-electron chi connectivity index (χ1n) is 22.8. The smallest absolute Gasteiger partial charge is 0.164 e. The highest BCUT2D eigenvalue weighted by Crippen LogP contribution is 2.54. The van der Waals surface area contributed by atoms with Crippen LogP contribution in [0.1, 0.15) is 25.0 Å². The molecule has 3 aliphatic heterocycles. The van der Waals surface area contributed by atoms with E-state index in [1.807, 2.05) is 23.5 Å². The second-order valence-corrected chi connectivity index (χ2v) is 19.9. The van der Waals surface area contributed by atoms with Gasteiger partial charge in [0.25, 0.3) is 0 Å². The molecule has 8 heteroatoms. The van der Waals surface area contributed by atoms with Crippen LogP contribution in [0.15, 0.2) is 238 Å². The monoisotopic (exact) mass is 910 g/mol. The molecule has 0 radical (unpaired) electrons. The molecule has 0 aliphatic carbocycles. The Labute approximate surface area is 404 Å². The van der Waals surface area contributed by atoms with Crippen molar-refractivity contribution in [3.8, 4) is 34.2 Å². The Kier molecular flexibility index (Phi) is 9.59. The number of para-hydroxylation sites is 6. The van der Waals surface area contributed by atoms with Crippen LogP contribution in [0.4, 0.5) is 51.2 Å². The topological polar surface area (TPSA) is 48.4 Å². The lowest BCUT2D eigenvalue weighted by atomic mass is 9.73. The van der Waals surface area contributed by atoms with Crippen molar-refractivity contribution in [2.75, 3.05) is 14.7 Å². The molecule has 6 nitrogen and oxygen atoms in total. The third kappa shape index (κ3) is 6.70. The highest BCUT2D eigenvalue weighted by atomic mass is 32.2. The van der Waals surface area contributed by atoms with Crippen LogP contribution < -0.4 is 14.7 Å². The Balaban J connectivity index is 0.905. The Bertz CT molecular complexity index is 3270. The van der Waals surface area contributed by atoms with Crippen LogP contribution in [0.25, 0.3) is 34.2 Å². The second kappa shape index (κ2) is 16.2. The zero-order chi connectivity index (χ0) is 45.3. The summed E-state index contributed by atoms with van der Waals surface area (Å²) in [5.74, 6) is 1.82. The zero-order valence-electron chi connectivity index (χ0n) is 37.3. The summed E-state index contributed by atoms with van der Waals surface area (Å²) in [4.78, 5) is 27.6. The van der Waals surface area contributed by atoms with Gasteiger partial charge in [-0.3, -0.25) is 0 Å². The first-order chi connectivity index (χ1) is 33.5. The van der Waals surface area contributed by atoms with Crippen molar-refractivity contribution in [3.63, 3.8) is 0 Å². The highest BCUT2D eigenvalue weighted by molar-refractivity contribution is 8.00. The molecule has 0 bridgehead atoms. The standard InChI is InChI=1S/C60H42N6S2/c1-60(2)45-15-3-5-17-47(45)64(48-18-6-4-16-46(48)60)42-33-27-39(28-34-42)57-61-58(40-29-35-43(36-30-40)65-49-19-7-11-23-53(49)67-54-24-12-8-20-50(54)65)63-59(62-57)41-31-37-44(38-32-41)66-51-21-9-13-25-55(51)68-56-26-14-10-22-52(56)66/h3-38H,1-2H3. The SMILES string of the molecule is CC1(C)c2ccccc2N(c2ccc(-c3nc(-c4ccc(N5c6ccccc6Sc6ccccc65)cc4)nc(-c4ccc(N5c6ccccc6Sc6ccccc65)cc4)n3)cc2)c2ccccc21. The molecule has 0 atom stereocenters. The summed E-state index contributed by atoms with van der Waals surface area (Å²) >= 11 is 3.62. The molecule has 3 aliphatic rings. The van der Waals surface area contributed by atoms with Crippen LogP contribution in [0.2, 0.25) is 0 Å². The Hall–Kier alpha value is -7.91. The maximum atomic E-state index is 5.22. The summed E-state index contributed by atoms with van der Waals surface area (Å²) in [5.41, 5.74) is 15.4. The van der Waals surface area contributed by atoms with E-state index in [0.717, 1.165) is 56.5 Å². The lowest BCUT2D eigenvalue weighted by molar-refractivity contribution is 0.632. The number of aromatic nitrogens is 3. The van der Waals surface area contributed by atoms with E-state index in [1.54, 1.807) is 0 Å². The van der Waals surface area contributed by atoms with Crippen molar-refractivity contribution in [1.29, 1.82) is 0 Å². The predicted octanol–water partition coefficient (Wildman–Crippen LogP) is 16.9. The fourth-order valence-corrected chi connectivity index (χ4v) is 12.1. The van der Waals surface area contributed by atoms with E-state index in [-0.39, 0.29) is 5.41 Å². The molecule has 13 rings (SSSR count). The van der Waals surface area contributed by atoms with Gasteiger partial charge in [0.2, 0.25) is 0 Å². The molecule has 0 N–H and O–H groups in total. The molecule has 9 aromatic carbocycles. The lowest BCUT2D eigenvalue weighted by Gasteiger charge is -2.42. The Morgan fingerprint density at radius 3 is 0.853 bits per heavy atom. The van der Waals surface area contributed by atoms with Gasteiger partial charge in [-0.25, -0.2) is 15.0 Å². The fraction of sp³-hybridized carbons (Fsp3) is 0.0500.